The molecule has 0 aliphatic carbocycles. The van der Waals surface area contributed by atoms with Gasteiger partial charge in [-0.3, -0.25) is 9.64 Å². The van der Waals surface area contributed by atoms with E-state index < -0.39 is 17.7 Å². The van der Waals surface area contributed by atoms with Crippen LogP contribution in [0.2, 0.25) is 0 Å². The Labute approximate surface area is 84.4 Å². The molecule has 6 nitrogen and oxygen atoms in total. The third-order valence-electron chi connectivity index (χ3n) is 1.30. The molecule has 0 saturated heterocycles. The highest BCUT2D eigenvalue weighted by molar-refractivity contribution is 7.80. The molecule has 0 amide bonds. The summed E-state index contributed by atoms with van der Waals surface area (Å²) in [6, 6.07) is 0. The highest BCUT2D eigenvalue weighted by atomic mass is 32.3. The number of hydrogen-bond acceptors (Lipinski definition) is 4. The fraction of sp³-hybridized carbons (Fsp3) is 1.00. The van der Waals surface area contributed by atoms with Crippen molar-refractivity contribution in [3.8, 4) is 0 Å². The summed E-state index contributed by atoms with van der Waals surface area (Å²) in [4.78, 5) is 0. The molecule has 0 atom stereocenters. The van der Waals surface area contributed by atoms with Gasteiger partial charge in [0.05, 0.1) is 6.61 Å². The Morgan fingerprint density at radius 2 is 1.93 bits per heavy atom. The molecule has 0 bridgehead atoms. The standard InChI is InChI=1S/C6H16NO5PS/c1-13(2,8)7-5-3-4-6-12-14(9,10)11/h3-6H2,1-2H3,(H,7,8)(H,9,10,11). The van der Waals surface area contributed by atoms with Gasteiger partial charge in [0.15, 0.2) is 0 Å². The van der Waals surface area contributed by atoms with Crippen LogP contribution in [0.1, 0.15) is 12.8 Å². The predicted molar refractivity (Wildman–Crippen MR) is 54.2 cm³/mol. The van der Waals surface area contributed by atoms with Crippen molar-refractivity contribution in [2.24, 2.45) is 0 Å². The Morgan fingerprint density at radius 3 is 2.36 bits per heavy atom. The minimum atomic E-state index is -4.31. The van der Waals surface area contributed by atoms with Crippen molar-refractivity contribution < 1.29 is 21.7 Å². The van der Waals surface area contributed by atoms with E-state index in [1.165, 1.54) is 0 Å². The topological polar surface area (TPSA) is 92.7 Å². The number of nitrogens with one attached hydrogen (secondary N) is 1. The van der Waals surface area contributed by atoms with E-state index in [-0.39, 0.29) is 6.61 Å². The lowest BCUT2D eigenvalue weighted by Gasteiger charge is -2.08. The van der Waals surface area contributed by atoms with Gasteiger partial charge in [0.25, 0.3) is 0 Å². The fourth-order valence-electron chi connectivity index (χ4n) is 0.740. The Balaban J connectivity index is 3.36. The molecule has 0 spiro atoms. The van der Waals surface area contributed by atoms with Gasteiger partial charge < -0.3 is 4.57 Å². The molecule has 14 heavy (non-hydrogen) atoms. The Hall–Kier alpha value is 0.0600. The van der Waals surface area contributed by atoms with Crippen molar-refractivity contribution in [2.45, 2.75) is 12.8 Å². The quantitative estimate of drug-likeness (QED) is 0.390. The van der Waals surface area contributed by atoms with Crippen molar-refractivity contribution in [1.82, 2.24) is 5.09 Å². The van der Waals surface area contributed by atoms with Crippen LogP contribution in [0.15, 0.2) is 0 Å². The highest BCUT2D eigenvalue weighted by Crippen LogP contribution is 2.29. The van der Waals surface area contributed by atoms with Crippen LogP contribution in [-0.4, -0.2) is 39.5 Å². The molecule has 0 aromatic rings. The van der Waals surface area contributed by atoms with E-state index in [0.29, 0.717) is 19.4 Å². The van der Waals surface area contributed by atoms with Crippen LogP contribution in [0.25, 0.3) is 0 Å². The number of unbranched alkanes of at least 4 members (excludes halogenated alkanes) is 1. The van der Waals surface area contributed by atoms with E-state index in [2.05, 4.69) is 9.27 Å². The van der Waals surface area contributed by atoms with Crippen LogP contribution in [0.3, 0.4) is 0 Å². The molecule has 0 fully saturated rings. The summed E-state index contributed by atoms with van der Waals surface area (Å²) in [6.07, 6.45) is 1.12. The van der Waals surface area contributed by atoms with Crippen molar-refractivity contribution in [3.05, 3.63) is 0 Å². The minimum absolute atomic E-state index is 0.0573. The molecule has 8 heteroatoms. The van der Waals surface area contributed by atoms with E-state index in [1.807, 2.05) is 0 Å². The molecule has 0 saturated carbocycles. The lowest BCUT2D eigenvalue weighted by Crippen LogP contribution is -2.12. The lowest BCUT2D eigenvalue weighted by atomic mass is 10.3. The van der Waals surface area contributed by atoms with E-state index in [4.69, 9.17) is 4.55 Å². The summed E-state index contributed by atoms with van der Waals surface area (Å²) in [5.41, 5.74) is 0. The van der Waals surface area contributed by atoms with Gasteiger partial charge in [-0.05, 0) is 12.8 Å². The maximum atomic E-state index is 11.1. The second-order valence-corrected chi connectivity index (χ2v) is 7.32. The smallest absolute Gasteiger partial charge is 0.307 e. The van der Waals surface area contributed by atoms with Gasteiger partial charge in [-0.1, -0.05) is 0 Å². The molecule has 0 aliphatic heterocycles. The van der Waals surface area contributed by atoms with Crippen LogP contribution in [0, 0.1) is 0 Å². The molecule has 0 aromatic carbocycles. The van der Waals surface area contributed by atoms with E-state index in [0.717, 1.165) is 0 Å². The molecule has 0 aliphatic rings. The van der Waals surface area contributed by atoms with Crippen molar-refractivity contribution >= 4 is 17.7 Å². The van der Waals surface area contributed by atoms with E-state index in [9.17, 15) is 13.0 Å². The maximum Gasteiger partial charge on any atom is 0.397 e. The summed E-state index contributed by atoms with van der Waals surface area (Å²) < 4.78 is 43.6. The molecule has 0 aromatic heterocycles. The third-order valence-corrected chi connectivity index (χ3v) is 2.75. The zero-order valence-electron chi connectivity index (χ0n) is 8.26. The first-order valence-electron chi connectivity index (χ1n) is 4.13. The monoisotopic (exact) mass is 245 g/mol. The fourth-order valence-corrected chi connectivity index (χ4v) is 1.76. The highest BCUT2D eigenvalue weighted by Gasteiger charge is 2.05. The van der Waals surface area contributed by atoms with E-state index >= 15 is 0 Å². The predicted octanol–water partition coefficient (Wildman–Crippen LogP) is 0.713. The number of rotatable bonds is 7. The molecular weight excluding hydrogens is 229 g/mol. The first-order valence-corrected chi connectivity index (χ1v) is 8.09. The van der Waals surface area contributed by atoms with Crippen LogP contribution in [-0.2, 0) is 19.1 Å². The molecule has 0 radical (unpaired) electrons. The van der Waals surface area contributed by atoms with Gasteiger partial charge >= 0.3 is 10.4 Å². The minimum Gasteiger partial charge on any atom is -0.307 e. The zero-order valence-corrected chi connectivity index (χ0v) is 9.98. The molecule has 0 heterocycles. The van der Waals surface area contributed by atoms with Gasteiger partial charge in [-0.2, -0.15) is 8.42 Å². The summed E-state index contributed by atoms with van der Waals surface area (Å²) in [5, 5.41) is 2.81. The van der Waals surface area contributed by atoms with Crippen molar-refractivity contribution in [3.63, 3.8) is 0 Å². The Bertz CT molecular complexity index is 295. The van der Waals surface area contributed by atoms with Gasteiger partial charge in [0.1, 0.15) is 7.29 Å². The first-order chi connectivity index (χ1) is 6.21. The third kappa shape index (κ3) is 12.1. The molecule has 0 unspecified atom stereocenters. The lowest BCUT2D eigenvalue weighted by molar-refractivity contribution is 0.263. The van der Waals surface area contributed by atoms with Crippen LogP contribution in [0.5, 0.6) is 0 Å². The largest absolute Gasteiger partial charge is 0.397 e. The second kappa shape index (κ2) is 5.82. The number of hydrogen-bond donors (Lipinski definition) is 2. The van der Waals surface area contributed by atoms with Crippen molar-refractivity contribution in [2.75, 3.05) is 26.5 Å². The SMILES string of the molecule is CP(C)(=O)NCCCCOS(=O)(=O)O. The average molecular weight is 245 g/mol. The Morgan fingerprint density at radius 1 is 1.36 bits per heavy atom. The normalized spacial score (nSPS) is 13.1. The van der Waals surface area contributed by atoms with Crippen molar-refractivity contribution in [1.29, 1.82) is 0 Å². The van der Waals surface area contributed by atoms with Gasteiger partial charge in [0, 0.05) is 19.9 Å². The molecular formula is C6H16NO5PS. The summed E-state index contributed by atoms with van der Waals surface area (Å²) >= 11 is 0. The van der Waals surface area contributed by atoms with E-state index in [1.54, 1.807) is 13.3 Å². The van der Waals surface area contributed by atoms with Crippen LogP contribution >= 0.6 is 7.29 Å². The molecule has 86 valence electrons. The average Bonchev–Trinajstić information content (AvgIpc) is 1.92. The maximum absolute atomic E-state index is 11.1. The Kier molecular flexibility index (Phi) is 5.85. The summed E-state index contributed by atoms with van der Waals surface area (Å²) in [6.45, 7) is 3.71. The van der Waals surface area contributed by atoms with Crippen LogP contribution < -0.4 is 5.09 Å². The summed E-state index contributed by atoms with van der Waals surface area (Å²) in [7, 11) is -6.52. The zero-order chi connectivity index (χ0) is 11.2. The molecule has 0 rings (SSSR count). The second-order valence-electron chi connectivity index (χ2n) is 3.22. The first kappa shape index (κ1) is 14.1. The summed E-state index contributed by atoms with van der Waals surface area (Å²) in [5.74, 6) is 0. The van der Waals surface area contributed by atoms with Crippen LogP contribution in [0.4, 0.5) is 0 Å². The van der Waals surface area contributed by atoms with Gasteiger partial charge in [-0.25, -0.2) is 4.18 Å². The van der Waals surface area contributed by atoms with Gasteiger partial charge in [-0.15, -0.1) is 0 Å². The molecule has 2 N–H and O–H groups in total. The van der Waals surface area contributed by atoms with Gasteiger partial charge in [0.2, 0.25) is 0 Å².